The molecule has 1 saturated heterocycles. The van der Waals surface area contributed by atoms with Gasteiger partial charge in [0.1, 0.15) is 6.04 Å². The average molecular weight is 375 g/mol. The number of carbonyl (C=O) groups is 1. The second-order valence-electron chi connectivity index (χ2n) is 6.79. The van der Waals surface area contributed by atoms with Crippen LogP contribution in [-0.4, -0.2) is 37.0 Å². The van der Waals surface area contributed by atoms with Crippen molar-refractivity contribution in [1.29, 1.82) is 0 Å². The maximum absolute atomic E-state index is 12.7. The number of amides is 1. The quantitative estimate of drug-likeness (QED) is 0.810. The topological polar surface area (TPSA) is 66.5 Å². The molecule has 1 fully saturated rings. The fourth-order valence-electron chi connectivity index (χ4n) is 3.53. The van der Waals surface area contributed by atoms with Crippen molar-refractivity contribution in [3.8, 4) is 0 Å². The Labute approximate surface area is 155 Å². The minimum atomic E-state index is -3.36. The van der Waals surface area contributed by atoms with Gasteiger partial charge in [0.2, 0.25) is 15.9 Å². The van der Waals surface area contributed by atoms with Crippen molar-refractivity contribution in [2.24, 2.45) is 0 Å². The Balaban J connectivity index is 1.69. The maximum atomic E-state index is 12.7. The van der Waals surface area contributed by atoms with E-state index < -0.39 is 16.1 Å². The van der Waals surface area contributed by atoms with E-state index in [0.29, 0.717) is 25.9 Å². The number of fused-ring (bicyclic) bond motifs is 1. The number of hydrogen-bond acceptors (Lipinski definition) is 3. The molecule has 0 spiro atoms. The van der Waals surface area contributed by atoms with Gasteiger partial charge in [0.15, 0.2) is 0 Å². The summed E-state index contributed by atoms with van der Waals surface area (Å²) in [4.78, 5) is 12.7. The fourth-order valence-corrected chi connectivity index (χ4v) is 5.41. The SMILES string of the molecule is CCCCS(=O)(=O)N1CCCC1C(=O)NCc1cccc2ccccc12. The smallest absolute Gasteiger partial charge is 0.238 e. The molecule has 2 aromatic carbocycles. The van der Waals surface area contributed by atoms with E-state index in [2.05, 4.69) is 5.32 Å². The van der Waals surface area contributed by atoms with E-state index in [1.165, 1.54) is 4.31 Å². The molecule has 0 bridgehead atoms. The van der Waals surface area contributed by atoms with Crippen molar-refractivity contribution in [2.45, 2.75) is 45.2 Å². The molecule has 1 aliphatic rings. The van der Waals surface area contributed by atoms with Crippen LogP contribution in [0.4, 0.5) is 0 Å². The zero-order valence-electron chi connectivity index (χ0n) is 15.1. The first-order chi connectivity index (χ1) is 12.5. The van der Waals surface area contributed by atoms with E-state index in [1.54, 1.807) is 0 Å². The van der Waals surface area contributed by atoms with E-state index in [0.717, 1.165) is 29.2 Å². The van der Waals surface area contributed by atoms with Crippen LogP contribution >= 0.6 is 0 Å². The highest BCUT2D eigenvalue weighted by atomic mass is 32.2. The van der Waals surface area contributed by atoms with Crippen LogP contribution in [0.25, 0.3) is 10.8 Å². The molecular weight excluding hydrogens is 348 g/mol. The molecule has 3 rings (SSSR count). The minimum absolute atomic E-state index is 0.122. The number of sulfonamides is 1. The number of benzene rings is 2. The van der Waals surface area contributed by atoms with E-state index in [-0.39, 0.29) is 11.7 Å². The summed E-state index contributed by atoms with van der Waals surface area (Å²) >= 11 is 0. The first-order valence-corrected chi connectivity index (χ1v) is 10.9. The molecule has 1 aliphatic heterocycles. The number of nitrogens with zero attached hydrogens (tertiary/aromatic N) is 1. The first-order valence-electron chi connectivity index (χ1n) is 9.27. The highest BCUT2D eigenvalue weighted by Crippen LogP contribution is 2.23. The number of hydrogen-bond donors (Lipinski definition) is 1. The molecule has 0 aliphatic carbocycles. The Kier molecular flexibility index (Phi) is 5.94. The third-order valence-corrected chi connectivity index (χ3v) is 6.91. The molecule has 1 unspecified atom stereocenters. The number of nitrogens with one attached hydrogen (secondary N) is 1. The van der Waals surface area contributed by atoms with Crippen LogP contribution < -0.4 is 5.32 Å². The zero-order chi connectivity index (χ0) is 18.6. The molecule has 2 aromatic rings. The fraction of sp³-hybridized carbons (Fsp3) is 0.450. The van der Waals surface area contributed by atoms with Gasteiger partial charge in [0.25, 0.3) is 0 Å². The van der Waals surface area contributed by atoms with Crippen LogP contribution in [0.2, 0.25) is 0 Å². The van der Waals surface area contributed by atoms with Crippen LogP contribution in [0.1, 0.15) is 38.2 Å². The lowest BCUT2D eigenvalue weighted by molar-refractivity contribution is -0.124. The molecule has 1 amide bonds. The maximum Gasteiger partial charge on any atom is 0.238 e. The molecule has 0 saturated carbocycles. The van der Waals surface area contributed by atoms with Gasteiger partial charge >= 0.3 is 0 Å². The standard InChI is InChI=1S/C20H26N2O3S/c1-2-3-14-26(24,25)22-13-7-12-19(22)20(23)21-15-17-10-6-9-16-8-4-5-11-18(16)17/h4-6,8-11,19H,2-3,7,12-15H2,1H3,(H,21,23). The van der Waals surface area contributed by atoms with E-state index in [9.17, 15) is 13.2 Å². The van der Waals surface area contributed by atoms with Gasteiger partial charge in [-0.2, -0.15) is 4.31 Å². The number of carbonyl (C=O) groups excluding carboxylic acids is 1. The summed E-state index contributed by atoms with van der Waals surface area (Å²) in [6, 6.07) is 13.5. The lowest BCUT2D eigenvalue weighted by atomic mass is 10.0. The van der Waals surface area contributed by atoms with Crippen LogP contribution in [0, 0.1) is 0 Å². The van der Waals surface area contributed by atoms with Gasteiger partial charge in [-0.05, 0) is 35.6 Å². The van der Waals surface area contributed by atoms with Gasteiger partial charge in [0, 0.05) is 13.1 Å². The average Bonchev–Trinajstić information content (AvgIpc) is 3.15. The Morgan fingerprint density at radius 3 is 2.77 bits per heavy atom. The van der Waals surface area contributed by atoms with Crippen molar-refractivity contribution in [1.82, 2.24) is 9.62 Å². The van der Waals surface area contributed by atoms with Gasteiger partial charge in [-0.15, -0.1) is 0 Å². The molecule has 1 heterocycles. The summed E-state index contributed by atoms with van der Waals surface area (Å²) in [5.74, 6) is -0.0770. The van der Waals surface area contributed by atoms with Crippen molar-refractivity contribution >= 4 is 26.7 Å². The predicted octanol–water partition coefficient (Wildman–Crippen LogP) is 3.05. The Bertz CT molecular complexity index is 874. The van der Waals surface area contributed by atoms with Gasteiger partial charge in [-0.1, -0.05) is 55.8 Å². The number of unbranched alkanes of at least 4 members (excludes halogenated alkanes) is 1. The first kappa shape index (κ1) is 18.9. The van der Waals surface area contributed by atoms with E-state index >= 15 is 0 Å². The summed E-state index contributed by atoms with van der Waals surface area (Å²) < 4.78 is 26.4. The molecule has 0 radical (unpaired) electrons. The molecule has 6 heteroatoms. The Hall–Kier alpha value is -1.92. The summed E-state index contributed by atoms with van der Waals surface area (Å²) in [7, 11) is -3.36. The van der Waals surface area contributed by atoms with Crippen molar-refractivity contribution in [3.05, 3.63) is 48.0 Å². The van der Waals surface area contributed by atoms with Gasteiger partial charge in [-0.3, -0.25) is 4.79 Å². The molecule has 140 valence electrons. The van der Waals surface area contributed by atoms with E-state index in [4.69, 9.17) is 0 Å². The summed E-state index contributed by atoms with van der Waals surface area (Å²) in [5, 5.41) is 5.18. The van der Waals surface area contributed by atoms with Crippen molar-refractivity contribution < 1.29 is 13.2 Å². The number of rotatable bonds is 7. The van der Waals surface area contributed by atoms with Crippen molar-refractivity contribution in [2.75, 3.05) is 12.3 Å². The van der Waals surface area contributed by atoms with Crippen LogP contribution in [0.15, 0.2) is 42.5 Å². The molecule has 1 atom stereocenters. The van der Waals surface area contributed by atoms with Crippen LogP contribution in [-0.2, 0) is 21.4 Å². The predicted molar refractivity (Wildman–Crippen MR) is 104 cm³/mol. The molecule has 5 nitrogen and oxygen atoms in total. The molecular formula is C20H26N2O3S. The lowest BCUT2D eigenvalue weighted by Gasteiger charge is -2.23. The molecule has 26 heavy (non-hydrogen) atoms. The van der Waals surface area contributed by atoms with Gasteiger partial charge < -0.3 is 5.32 Å². The Morgan fingerprint density at radius 1 is 1.19 bits per heavy atom. The normalized spacial score (nSPS) is 18.3. The largest absolute Gasteiger partial charge is 0.351 e. The highest BCUT2D eigenvalue weighted by molar-refractivity contribution is 7.89. The third kappa shape index (κ3) is 4.07. The minimum Gasteiger partial charge on any atom is -0.351 e. The van der Waals surface area contributed by atoms with Gasteiger partial charge in [-0.25, -0.2) is 8.42 Å². The second kappa shape index (κ2) is 8.18. The second-order valence-corrected chi connectivity index (χ2v) is 8.84. The summed E-state index contributed by atoms with van der Waals surface area (Å²) in [6.07, 6.45) is 2.78. The van der Waals surface area contributed by atoms with Crippen LogP contribution in [0.5, 0.6) is 0 Å². The molecule has 1 N–H and O–H groups in total. The highest BCUT2D eigenvalue weighted by Gasteiger charge is 2.37. The van der Waals surface area contributed by atoms with Crippen molar-refractivity contribution in [3.63, 3.8) is 0 Å². The summed E-state index contributed by atoms with van der Waals surface area (Å²) in [6.45, 7) is 2.81. The zero-order valence-corrected chi connectivity index (χ0v) is 16.0. The molecule has 0 aromatic heterocycles. The van der Waals surface area contributed by atoms with Gasteiger partial charge in [0.05, 0.1) is 5.75 Å². The monoisotopic (exact) mass is 374 g/mol. The Morgan fingerprint density at radius 2 is 1.96 bits per heavy atom. The summed E-state index contributed by atoms with van der Waals surface area (Å²) in [5.41, 5.74) is 1.04. The lowest BCUT2D eigenvalue weighted by Crippen LogP contribution is -2.46. The van der Waals surface area contributed by atoms with E-state index in [1.807, 2.05) is 49.4 Å². The third-order valence-electron chi connectivity index (χ3n) is 4.95. The van der Waals surface area contributed by atoms with Crippen LogP contribution in [0.3, 0.4) is 0 Å².